The van der Waals surface area contributed by atoms with Gasteiger partial charge in [0.15, 0.2) is 11.6 Å². The maximum atomic E-state index is 13.7. The van der Waals surface area contributed by atoms with E-state index in [1.165, 1.54) is 6.07 Å². The second-order valence-corrected chi connectivity index (χ2v) is 10.2. The van der Waals surface area contributed by atoms with Gasteiger partial charge in [-0.1, -0.05) is 49.6 Å². The Balaban J connectivity index is 1.60. The third kappa shape index (κ3) is 4.31. The Labute approximate surface area is 171 Å². The number of sulfonamides is 1. The zero-order valence-corrected chi connectivity index (χ0v) is 17.0. The normalized spacial score (nSPS) is 23.9. The summed E-state index contributed by atoms with van der Waals surface area (Å²) in [5.41, 5.74) is 1.49. The zero-order valence-electron chi connectivity index (χ0n) is 16.2. The molecule has 7 heteroatoms. The van der Waals surface area contributed by atoms with E-state index in [1.54, 1.807) is 4.31 Å². The van der Waals surface area contributed by atoms with Crippen molar-refractivity contribution in [2.45, 2.75) is 49.3 Å². The monoisotopic (exact) mass is 420 g/mol. The second-order valence-electron chi connectivity index (χ2n) is 8.02. The van der Waals surface area contributed by atoms with Crippen LogP contribution in [0.5, 0.6) is 0 Å². The van der Waals surface area contributed by atoms with Gasteiger partial charge in [-0.05, 0) is 30.5 Å². The minimum atomic E-state index is -3.38. The molecule has 1 saturated heterocycles. The smallest absolute Gasteiger partial charge is 0.217 e. The molecule has 4 nitrogen and oxygen atoms in total. The summed E-state index contributed by atoms with van der Waals surface area (Å²) in [6, 6.07) is 13.2. The van der Waals surface area contributed by atoms with E-state index in [0.29, 0.717) is 18.8 Å². The first-order chi connectivity index (χ1) is 13.9. The zero-order chi connectivity index (χ0) is 20.4. The summed E-state index contributed by atoms with van der Waals surface area (Å²) in [6.45, 7) is 0.710. The molecule has 29 heavy (non-hydrogen) atoms. The molecule has 2 fully saturated rings. The maximum absolute atomic E-state index is 13.7. The lowest BCUT2D eigenvalue weighted by molar-refractivity contribution is 0.425. The van der Waals surface area contributed by atoms with Crippen LogP contribution in [0.4, 0.5) is 14.5 Å². The topological polar surface area (TPSA) is 49.4 Å². The lowest BCUT2D eigenvalue weighted by Gasteiger charge is -2.27. The second kappa shape index (κ2) is 8.40. The molecule has 0 aromatic heterocycles. The van der Waals surface area contributed by atoms with Crippen molar-refractivity contribution in [3.63, 3.8) is 0 Å². The van der Waals surface area contributed by atoms with Crippen LogP contribution in [0, 0.1) is 11.6 Å². The number of anilines is 1. The average molecular weight is 421 g/mol. The van der Waals surface area contributed by atoms with E-state index in [-0.39, 0.29) is 17.2 Å². The molecule has 4 rings (SSSR count). The van der Waals surface area contributed by atoms with Crippen molar-refractivity contribution in [1.29, 1.82) is 0 Å². The molecule has 0 amide bonds. The van der Waals surface area contributed by atoms with E-state index < -0.39 is 21.7 Å². The van der Waals surface area contributed by atoms with Crippen molar-refractivity contribution < 1.29 is 17.2 Å². The largest absolute Gasteiger partial charge is 0.380 e. The van der Waals surface area contributed by atoms with Crippen LogP contribution >= 0.6 is 0 Å². The molecule has 0 unspecified atom stereocenters. The van der Waals surface area contributed by atoms with Gasteiger partial charge < -0.3 is 5.32 Å². The summed E-state index contributed by atoms with van der Waals surface area (Å²) in [7, 11) is -3.38. The molecule has 2 aliphatic rings. The summed E-state index contributed by atoms with van der Waals surface area (Å²) in [6.07, 6.45) is 4.44. The fourth-order valence-electron chi connectivity index (χ4n) is 4.53. The predicted molar refractivity (Wildman–Crippen MR) is 110 cm³/mol. The van der Waals surface area contributed by atoms with E-state index in [2.05, 4.69) is 5.32 Å². The minimum absolute atomic E-state index is 0.0670. The van der Waals surface area contributed by atoms with Gasteiger partial charge in [-0.25, -0.2) is 17.2 Å². The third-order valence-electron chi connectivity index (χ3n) is 6.12. The number of nitrogens with zero attached hydrogens (tertiary/aromatic N) is 1. The maximum Gasteiger partial charge on any atom is 0.217 e. The number of halogens is 2. The first kappa shape index (κ1) is 20.3. The van der Waals surface area contributed by atoms with Gasteiger partial charge in [0.1, 0.15) is 0 Å². The molecular weight excluding hydrogens is 394 g/mol. The number of hydrogen-bond acceptors (Lipinski definition) is 3. The van der Waals surface area contributed by atoms with Gasteiger partial charge in [-0.2, -0.15) is 4.31 Å². The Morgan fingerprint density at radius 2 is 1.62 bits per heavy atom. The van der Waals surface area contributed by atoms with Crippen molar-refractivity contribution >= 4 is 15.7 Å². The molecule has 156 valence electrons. The summed E-state index contributed by atoms with van der Waals surface area (Å²) < 4.78 is 55.0. The number of hydrogen-bond donors (Lipinski definition) is 1. The third-order valence-corrected chi connectivity index (χ3v) is 8.45. The SMILES string of the molecule is O=S(=O)(C1CCCCC1)N1C[C@H](Nc2ccc(F)c(F)c2)[C@@H](c2ccccc2)C1. The van der Waals surface area contributed by atoms with Gasteiger partial charge in [0.25, 0.3) is 0 Å². The van der Waals surface area contributed by atoms with Gasteiger partial charge >= 0.3 is 0 Å². The summed E-state index contributed by atoms with van der Waals surface area (Å²) in [5.74, 6) is -1.89. The van der Waals surface area contributed by atoms with E-state index in [9.17, 15) is 17.2 Å². The van der Waals surface area contributed by atoms with Crippen LogP contribution < -0.4 is 5.32 Å². The van der Waals surface area contributed by atoms with Gasteiger partial charge in [-0.3, -0.25) is 0 Å². The summed E-state index contributed by atoms with van der Waals surface area (Å²) in [5, 5.41) is 2.94. The molecule has 1 aliphatic heterocycles. The Morgan fingerprint density at radius 1 is 0.897 bits per heavy atom. The Kier molecular flexibility index (Phi) is 5.88. The average Bonchev–Trinajstić information content (AvgIpc) is 3.17. The van der Waals surface area contributed by atoms with Crippen LogP contribution in [0.3, 0.4) is 0 Å². The molecular formula is C22H26F2N2O2S. The van der Waals surface area contributed by atoms with E-state index >= 15 is 0 Å². The van der Waals surface area contributed by atoms with E-state index in [1.807, 2.05) is 30.3 Å². The van der Waals surface area contributed by atoms with E-state index in [4.69, 9.17) is 0 Å². The molecule has 1 N–H and O–H groups in total. The molecule has 0 spiro atoms. The highest BCUT2D eigenvalue weighted by molar-refractivity contribution is 7.89. The van der Waals surface area contributed by atoms with Crippen LogP contribution in [-0.2, 0) is 10.0 Å². The fraction of sp³-hybridized carbons (Fsp3) is 0.455. The molecule has 1 heterocycles. The molecule has 1 saturated carbocycles. The van der Waals surface area contributed by atoms with Gasteiger partial charge in [-0.15, -0.1) is 0 Å². The van der Waals surface area contributed by atoms with Crippen molar-refractivity contribution in [2.24, 2.45) is 0 Å². The van der Waals surface area contributed by atoms with Crippen molar-refractivity contribution in [2.75, 3.05) is 18.4 Å². The highest BCUT2D eigenvalue weighted by Gasteiger charge is 2.42. The molecule has 2 atom stereocenters. The first-order valence-electron chi connectivity index (χ1n) is 10.2. The highest BCUT2D eigenvalue weighted by atomic mass is 32.2. The van der Waals surface area contributed by atoms with Crippen molar-refractivity contribution in [3.8, 4) is 0 Å². The minimum Gasteiger partial charge on any atom is -0.380 e. The lowest BCUT2D eigenvalue weighted by Crippen LogP contribution is -2.39. The van der Waals surface area contributed by atoms with Crippen LogP contribution in [0.15, 0.2) is 48.5 Å². The predicted octanol–water partition coefficient (Wildman–Crippen LogP) is 4.51. The lowest BCUT2D eigenvalue weighted by atomic mass is 9.94. The van der Waals surface area contributed by atoms with Gasteiger partial charge in [0.2, 0.25) is 10.0 Å². The highest BCUT2D eigenvalue weighted by Crippen LogP contribution is 2.35. The van der Waals surface area contributed by atoms with Crippen LogP contribution in [0.2, 0.25) is 0 Å². The number of nitrogens with one attached hydrogen (secondary N) is 1. The Hall–Kier alpha value is -1.99. The molecule has 2 aromatic rings. The molecule has 0 bridgehead atoms. The fourth-order valence-corrected chi connectivity index (χ4v) is 6.62. The Morgan fingerprint density at radius 3 is 2.31 bits per heavy atom. The summed E-state index contributed by atoms with van der Waals surface area (Å²) >= 11 is 0. The number of rotatable bonds is 5. The number of benzene rings is 2. The molecule has 1 aliphatic carbocycles. The standard InChI is InChI=1S/C22H26F2N2O2S/c23-20-12-11-17(13-21(20)24)25-22-15-26(14-19(22)16-7-3-1-4-8-16)29(27,28)18-9-5-2-6-10-18/h1,3-4,7-8,11-13,18-19,22,25H,2,5-6,9-10,14-15H2/t19-,22+/m1/s1. The summed E-state index contributed by atoms with van der Waals surface area (Å²) in [4.78, 5) is 0. The van der Waals surface area contributed by atoms with Crippen molar-refractivity contribution in [1.82, 2.24) is 4.31 Å². The van der Waals surface area contributed by atoms with Crippen molar-refractivity contribution in [3.05, 3.63) is 65.7 Å². The first-order valence-corrected chi connectivity index (χ1v) is 11.7. The van der Waals surface area contributed by atoms with Crippen LogP contribution in [-0.4, -0.2) is 37.1 Å². The molecule has 0 radical (unpaired) electrons. The molecule has 2 aromatic carbocycles. The Bertz CT molecular complexity index is 947. The quantitative estimate of drug-likeness (QED) is 0.774. The van der Waals surface area contributed by atoms with Gasteiger partial charge in [0, 0.05) is 36.8 Å². The van der Waals surface area contributed by atoms with Crippen LogP contribution in [0.1, 0.15) is 43.6 Å². The van der Waals surface area contributed by atoms with Crippen LogP contribution in [0.25, 0.3) is 0 Å². The van der Waals surface area contributed by atoms with E-state index in [0.717, 1.165) is 49.8 Å². The van der Waals surface area contributed by atoms with Gasteiger partial charge in [0.05, 0.1) is 5.25 Å².